The molecular weight excluding hydrogens is 352 g/mol. The number of carbonyl (C=O) groups is 1. The molecule has 2 fully saturated rings. The third kappa shape index (κ3) is 3.40. The molecule has 1 aliphatic carbocycles. The lowest BCUT2D eigenvalue weighted by molar-refractivity contribution is -0.140. The first-order valence-electron chi connectivity index (χ1n) is 10.1. The van der Waals surface area contributed by atoms with Gasteiger partial charge in [-0.1, -0.05) is 41.9 Å². The van der Waals surface area contributed by atoms with E-state index in [1.807, 2.05) is 23.1 Å². The summed E-state index contributed by atoms with van der Waals surface area (Å²) in [6.07, 6.45) is 3.34. The Morgan fingerprint density at radius 3 is 2.57 bits per heavy atom. The number of benzene rings is 2. The smallest absolute Gasteiger partial charge is 0.257 e. The predicted octanol–water partition coefficient (Wildman–Crippen LogP) is 3.33. The maximum absolute atomic E-state index is 12.4. The number of piperazine rings is 1. The van der Waals surface area contributed by atoms with E-state index >= 15 is 0 Å². The maximum atomic E-state index is 12.4. The molecule has 2 aliphatic rings. The zero-order valence-corrected chi connectivity index (χ0v) is 15.9. The van der Waals surface area contributed by atoms with Crippen LogP contribution in [-0.2, 0) is 11.3 Å². The first-order valence-corrected chi connectivity index (χ1v) is 10.1. The third-order valence-corrected chi connectivity index (χ3v) is 5.97. The van der Waals surface area contributed by atoms with E-state index in [1.165, 1.54) is 11.8 Å². The van der Waals surface area contributed by atoms with Gasteiger partial charge in [-0.2, -0.15) is 4.98 Å². The molecule has 0 bridgehead atoms. The summed E-state index contributed by atoms with van der Waals surface area (Å²) in [6, 6.07) is 14.4. The van der Waals surface area contributed by atoms with Crippen LogP contribution in [-0.4, -0.2) is 52.0 Å². The van der Waals surface area contributed by atoms with Gasteiger partial charge in [-0.05, 0) is 35.7 Å². The molecule has 0 spiro atoms. The van der Waals surface area contributed by atoms with E-state index in [4.69, 9.17) is 4.52 Å². The highest BCUT2D eigenvalue weighted by Gasteiger charge is 2.31. The topological polar surface area (TPSA) is 62.5 Å². The standard InChI is InChI=1S/C22H24N4O2/c27-22(17-6-3-7-17)26-12-10-25(11-13-26)15-20-23-21(28-24-20)19-9-8-16-4-1-2-5-18(16)14-19/h1-2,4-5,8-9,14,17H,3,6-7,10-13,15H2. The fourth-order valence-corrected chi connectivity index (χ4v) is 4.00. The molecule has 0 unspecified atom stereocenters. The molecule has 2 heterocycles. The van der Waals surface area contributed by atoms with E-state index in [0.29, 0.717) is 24.2 Å². The summed E-state index contributed by atoms with van der Waals surface area (Å²) < 4.78 is 5.50. The molecule has 0 radical (unpaired) electrons. The van der Waals surface area contributed by atoms with Crippen LogP contribution < -0.4 is 0 Å². The molecule has 0 N–H and O–H groups in total. The van der Waals surface area contributed by atoms with Crippen molar-refractivity contribution in [3.05, 3.63) is 48.3 Å². The molecule has 2 aromatic carbocycles. The van der Waals surface area contributed by atoms with Crippen molar-refractivity contribution in [3.63, 3.8) is 0 Å². The van der Waals surface area contributed by atoms with Crippen molar-refractivity contribution >= 4 is 16.7 Å². The fraction of sp³-hybridized carbons (Fsp3) is 0.409. The Morgan fingerprint density at radius 1 is 1.04 bits per heavy atom. The summed E-state index contributed by atoms with van der Waals surface area (Å²) >= 11 is 0. The van der Waals surface area contributed by atoms with E-state index in [-0.39, 0.29) is 5.92 Å². The molecule has 1 aliphatic heterocycles. The second kappa shape index (κ2) is 7.36. The average molecular weight is 376 g/mol. The summed E-state index contributed by atoms with van der Waals surface area (Å²) in [5.74, 6) is 1.89. The van der Waals surface area contributed by atoms with E-state index < -0.39 is 0 Å². The molecule has 28 heavy (non-hydrogen) atoms. The first-order chi connectivity index (χ1) is 13.8. The second-order valence-corrected chi connectivity index (χ2v) is 7.81. The van der Waals surface area contributed by atoms with Gasteiger partial charge in [-0.3, -0.25) is 9.69 Å². The molecule has 6 nitrogen and oxygen atoms in total. The Labute approximate surface area is 164 Å². The molecule has 5 rings (SSSR count). The molecule has 3 aromatic rings. The number of rotatable bonds is 4. The number of hydrogen-bond donors (Lipinski definition) is 0. The van der Waals surface area contributed by atoms with Crippen LogP contribution in [0.4, 0.5) is 0 Å². The molecule has 1 saturated heterocycles. The maximum Gasteiger partial charge on any atom is 0.257 e. The van der Waals surface area contributed by atoms with Crippen molar-refractivity contribution in [2.75, 3.05) is 26.2 Å². The van der Waals surface area contributed by atoms with Crippen LogP contribution in [0.3, 0.4) is 0 Å². The van der Waals surface area contributed by atoms with Gasteiger partial charge in [0.1, 0.15) is 0 Å². The van der Waals surface area contributed by atoms with Crippen LogP contribution in [0.15, 0.2) is 47.0 Å². The monoisotopic (exact) mass is 376 g/mol. The van der Waals surface area contributed by atoms with Gasteiger partial charge < -0.3 is 9.42 Å². The number of fused-ring (bicyclic) bond motifs is 1. The van der Waals surface area contributed by atoms with Gasteiger partial charge in [-0.25, -0.2) is 0 Å². The van der Waals surface area contributed by atoms with E-state index in [9.17, 15) is 4.79 Å². The predicted molar refractivity (Wildman–Crippen MR) is 106 cm³/mol. The molecule has 144 valence electrons. The van der Waals surface area contributed by atoms with Gasteiger partial charge in [0, 0.05) is 37.7 Å². The second-order valence-electron chi connectivity index (χ2n) is 7.81. The molecule has 0 atom stereocenters. The molecule has 6 heteroatoms. The Kier molecular flexibility index (Phi) is 4.56. The van der Waals surface area contributed by atoms with Crippen LogP contribution in [0.5, 0.6) is 0 Å². The Hall–Kier alpha value is -2.73. The Balaban J connectivity index is 1.21. The summed E-state index contributed by atoms with van der Waals surface area (Å²) in [4.78, 5) is 21.3. The van der Waals surface area contributed by atoms with Crippen LogP contribution in [0.1, 0.15) is 25.1 Å². The zero-order chi connectivity index (χ0) is 18.9. The minimum atomic E-state index is 0.285. The average Bonchev–Trinajstić information content (AvgIpc) is 3.15. The van der Waals surface area contributed by atoms with Gasteiger partial charge in [0.05, 0.1) is 6.54 Å². The summed E-state index contributed by atoms with van der Waals surface area (Å²) in [5.41, 5.74) is 0.938. The van der Waals surface area contributed by atoms with E-state index in [1.54, 1.807) is 0 Å². The number of amides is 1. The lowest BCUT2D eigenvalue weighted by atomic mass is 9.84. The largest absolute Gasteiger partial charge is 0.340 e. The van der Waals surface area contributed by atoms with Crippen LogP contribution in [0.25, 0.3) is 22.2 Å². The lowest BCUT2D eigenvalue weighted by Crippen LogP contribution is -2.50. The number of hydrogen-bond acceptors (Lipinski definition) is 5. The highest BCUT2D eigenvalue weighted by Crippen LogP contribution is 2.28. The van der Waals surface area contributed by atoms with Gasteiger partial charge in [-0.15, -0.1) is 0 Å². The minimum Gasteiger partial charge on any atom is -0.340 e. The van der Waals surface area contributed by atoms with Crippen LogP contribution >= 0.6 is 0 Å². The quantitative estimate of drug-likeness (QED) is 0.699. The zero-order valence-electron chi connectivity index (χ0n) is 15.9. The molecule has 1 amide bonds. The Bertz CT molecular complexity index is 987. The van der Waals surface area contributed by atoms with Crippen LogP contribution in [0, 0.1) is 5.92 Å². The van der Waals surface area contributed by atoms with Crippen molar-refractivity contribution in [1.29, 1.82) is 0 Å². The van der Waals surface area contributed by atoms with E-state index in [0.717, 1.165) is 50.0 Å². The van der Waals surface area contributed by atoms with Crippen LogP contribution in [0.2, 0.25) is 0 Å². The van der Waals surface area contributed by atoms with Crippen molar-refractivity contribution in [1.82, 2.24) is 19.9 Å². The Morgan fingerprint density at radius 2 is 1.82 bits per heavy atom. The number of nitrogens with zero attached hydrogens (tertiary/aromatic N) is 4. The highest BCUT2D eigenvalue weighted by atomic mass is 16.5. The molecular formula is C22H24N4O2. The summed E-state index contributed by atoms with van der Waals surface area (Å²) in [6.45, 7) is 3.97. The van der Waals surface area contributed by atoms with Gasteiger partial charge >= 0.3 is 0 Å². The number of aromatic nitrogens is 2. The molecule has 1 aromatic heterocycles. The highest BCUT2D eigenvalue weighted by molar-refractivity contribution is 5.86. The minimum absolute atomic E-state index is 0.285. The lowest BCUT2D eigenvalue weighted by Gasteiger charge is -2.37. The summed E-state index contributed by atoms with van der Waals surface area (Å²) in [7, 11) is 0. The fourth-order valence-electron chi connectivity index (χ4n) is 4.00. The van der Waals surface area contributed by atoms with Crippen molar-refractivity contribution in [2.24, 2.45) is 5.92 Å². The van der Waals surface area contributed by atoms with Crippen molar-refractivity contribution in [2.45, 2.75) is 25.8 Å². The van der Waals surface area contributed by atoms with E-state index in [2.05, 4.69) is 39.3 Å². The van der Waals surface area contributed by atoms with Crippen molar-refractivity contribution < 1.29 is 9.32 Å². The SMILES string of the molecule is O=C(C1CCC1)N1CCN(Cc2noc(-c3ccc4ccccc4c3)n2)CC1. The molecule has 1 saturated carbocycles. The first kappa shape index (κ1) is 17.4. The van der Waals surface area contributed by atoms with Gasteiger partial charge in [0.15, 0.2) is 5.82 Å². The number of carbonyl (C=O) groups excluding carboxylic acids is 1. The van der Waals surface area contributed by atoms with Crippen molar-refractivity contribution in [3.8, 4) is 11.5 Å². The normalized spacial score (nSPS) is 18.4. The van der Waals surface area contributed by atoms with Gasteiger partial charge in [0.25, 0.3) is 5.89 Å². The van der Waals surface area contributed by atoms with Gasteiger partial charge in [0.2, 0.25) is 5.91 Å². The summed E-state index contributed by atoms with van der Waals surface area (Å²) in [5, 5.41) is 6.52. The third-order valence-electron chi connectivity index (χ3n) is 5.97.